The van der Waals surface area contributed by atoms with Gasteiger partial charge in [0.15, 0.2) is 9.84 Å². The van der Waals surface area contributed by atoms with Crippen molar-refractivity contribution in [2.45, 2.75) is 24.8 Å². The van der Waals surface area contributed by atoms with Gasteiger partial charge in [-0.25, -0.2) is 13.2 Å². The lowest BCUT2D eigenvalue weighted by molar-refractivity contribution is -0.132. The molecule has 0 amide bonds. The van der Waals surface area contributed by atoms with Crippen LogP contribution < -0.4 is 9.47 Å². The number of carboxylic acid groups (broad SMARTS) is 1. The third kappa shape index (κ3) is 5.40. The number of ether oxygens (including phenoxy) is 3. The molecule has 7 nitrogen and oxygen atoms in total. The van der Waals surface area contributed by atoms with Crippen LogP contribution in [-0.4, -0.2) is 45.1 Å². The number of hydrogen-bond donors (Lipinski definition) is 1. The maximum Gasteiger partial charge on any atom is 0.331 e. The minimum atomic E-state index is -3.55. The molecule has 0 atom stereocenters. The first kappa shape index (κ1) is 21.9. The summed E-state index contributed by atoms with van der Waals surface area (Å²) in [4.78, 5) is 11.5. The van der Waals surface area contributed by atoms with Gasteiger partial charge in [-0.1, -0.05) is 18.2 Å². The second kappa shape index (κ2) is 9.77. The molecular formula is C22H24O7S. The monoisotopic (exact) mass is 432 g/mol. The Kier molecular flexibility index (Phi) is 7.12. The Balaban J connectivity index is 1.78. The Bertz CT molecular complexity index is 1040. The van der Waals surface area contributed by atoms with Crippen LogP contribution in [0.5, 0.6) is 11.5 Å². The summed E-state index contributed by atoms with van der Waals surface area (Å²) in [6.07, 6.45) is 1.37. The highest BCUT2D eigenvalue weighted by Gasteiger charge is 2.24. The smallest absolute Gasteiger partial charge is 0.331 e. The number of para-hydroxylation sites is 1. The summed E-state index contributed by atoms with van der Waals surface area (Å²) in [6, 6.07) is 12.1. The van der Waals surface area contributed by atoms with Crippen LogP contribution in [0, 0.1) is 0 Å². The molecule has 0 spiro atoms. The second-order valence-electron chi connectivity index (χ2n) is 6.69. The fourth-order valence-electron chi connectivity index (χ4n) is 3.08. The summed E-state index contributed by atoms with van der Waals surface area (Å²) < 4.78 is 41.8. The molecule has 0 saturated heterocycles. The van der Waals surface area contributed by atoms with E-state index < -0.39 is 15.8 Å². The Hall–Kier alpha value is -2.84. The normalized spacial score (nSPS) is 14.9. The average molecular weight is 432 g/mol. The lowest BCUT2D eigenvalue weighted by Crippen LogP contribution is -2.09. The minimum Gasteiger partial charge on any atom is -0.491 e. The molecule has 0 fully saturated rings. The second-order valence-corrected chi connectivity index (χ2v) is 8.76. The molecule has 8 heteroatoms. The fourth-order valence-corrected chi connectivity index (χ4v) is 4.54. The van der Waals surface area contributed by atoms with Crippen LogP contribution in [0.15, 0.2) is 52.9 Å². The molecule has 1 aliphatic heterocycles. The van der Waals surface area contributed by atoms with E-state index in [1.54, 1.807) is 12.1 Å². The van der Waals surface area contributed by atoms with Crippen molar-refractivity contribution in [2.24, 2.45) is 0 Å². The number of hydrogen-bond acceptors (Lipinski definition) is 6. The van der Waals surface area contributed by atoms with Crippen molar-refractivity contribution in [1.29, 1.82) is 0 Å². The number of aliphatic carboxylic acids is 1. The molecule has 0 unspecified atom stereocenters. The van der Waals surface area contributed by atoms with Crippen LogP contribution in [-0.2, 0) is 26.0 Å². The maximum atomic E-state index is 12.4. The molecule has 3 rings (SSSR count). The molecular weight excluding hydrogens is 408 g/mol. The van der Waals surface area contributed by atoms with E-state index in [-0.39, 0.29) is 29.2 Å². The van der Waals surface area contributed by atoms with Gasteiger partial charge in [-0.2, -0.15) is 0 Å². The lowest BCUT2D eigenvalue weighted by Gasteiger charge is -2.13. The number of fused-ring (bicyclic) bond motifs is 1. The molecule has 0 radical (unpaired) electrons. The van der Waals surface area contributed by atoms with E-state index in [9.17, 15) is 18.3 Å². The van der Waals surface area contributed by atoms with E-state index in [4.69, 9.17) is 14.2 Å². The minimum absolute atomic E-state index is 0.0327. The van der Waals surface area contributed by atoms with Gasteiger partial charge in [-0.15, -0.1) is 0 Å². The summed E-state index contributed by atoms with van der Waals surface area (Å²) in [5, 5.41) is 9.30. The highest BCUT2D eigenvalue weighted by atomic mass is 32.2. The van der Waals surface area contributed by atoms with Crippen molar-refractivity contribution in [2.75, 3.05) is 25.6 Å². The zero-order valence-electron chi connectivity index (χ0n) is 16.7. The topological polar surface area (TPSA) is 99.1 Å². The lowest BCUT2D eigenvalue weighted by atomic mass is 10.1. The van der Waals surface area contributed by atoms with E-state index >= 15 is 0 Å². The largest absolute Gasteiger partial charge is 0.491 e. The zero-order valence-corrected chi connectivity index (χ0v) is 17.5. The van der Waals surface area contributed by atoms with E-state index in [2.05, 4.69) is 0 Å². The van der Waals surface area contributed by atoms with Gasteiger partial charge in [0.2, 0.25) is 0 Å². The number of benzene rings is 2. The predicted octanol–water partition coefficient (Wildman–Crippen LogP) is 3.33. The summed E-state index contributed by atoms with van der Waals surface area (Å²) in [7, 11) is -3.55. The van der Waals surface area contributed by atoms with E-state index in [1.165, 1.54) is 12.1 Å². The van der Waals surface area contributed by atoms with E-state index in [0.29, 0.717) is 36.9 Å². The fraction of sp³-hybridized carbons (Fsp3) is 0.318. The molecule has 0 aliphatic carbocycles. The van der Waals surface area contributed by atoms with Crippen LogP contribution in [0.3, 0.4) is 0 Å². The molecule has 1 heterocycles. The Labute approximate surface area is 175 Å². The van der Waals surface area contributed by atoms with Crippen molar-refractivity contribution in [3.05, 3.63) is 59.2 Å². The predicted molar refractivity (Wildman–Crippen MR) is 111 cm³/mol. The van der Waals surface area contributed by atoms with Gasteiger partial charge in [-0.3, -0.25) is 0 Å². The van der Waals surface area contributed by atoms with Crippen molar-refractivity contribution in [3.8, 4) is 11.5 Å². The molecule has 1 N–H and O–H groups in total. The van der Waals surface area contributed by atoms with Gasteiger partial charge in [0.1, 0.15) is 24.7 Å². The summed E-state index contributed by atoms with van der Waals surface area (Å²) >= 11 is 0. The first-order valence-corrected chi connectivity index (χ1v) is 11.3. The van der Waals surface area contributed by atoms with Gasteiger partial charge < -0.3 is 19.3 Å². The molecule has 30 heavy (non-hydrogen) atoms. The summed E-state index contributed by atoms with van der Waals surface area (Å²) in [5.74, 6) is -0.230. The average Bonchev–Trinajstić information content (AvgIpc) is 2.86. The molecule has 0 aromatic heterocycles. The first-order valence-electron chi connectivity index (χ1n) is 9.62. The van der Waals surface area contributed by atoms with Gasteiger partial charge in [0, 0.05) is 17.7 Å². The van der Waals surface area contributed by atoms with E-state index in [0.717, 1.165) is 5.56 Å². The molecule has 1 aliphatic rings. The zero-order chi connectivity index (χ0) is 21.6. The van der Waals surface area contributed by atoms with E-state index in [1.807, 2.05) is 31.2 Å². The first-order chi connectivity index (χ1) is 14.4. The van der Waals surface area contributed by atoms with Crippen LogP contribution >= 0.6 is 0 Å². The highest BCUT2D eigenvalue weighted by molar-refractivity contribution is 7.91. The highest BCUT2D eigenvalue weighted by Crippen LogP contribution is 2.30. The molecule has 160 valence electrons. The molecule has 0 saturated carbocycles. The number of sulfone groups is 1. The van der Waals surface area contributed by atoms with Gasteiger partial charge in [0.25, 0.3) is 0 Å². The van der Waals surface area contributed by atoms with Crippen molar-refractivity contribution < 1.29 is 32.5 Å². The number of rotatable bonds is 9. The Morgan fingerprint density at radius 3 is 2.67 bits per heavy atom. The summed E-state index contributed by atoms with van der Waals surface area (Å²) in [6.45, 7) is 3.67. The van der Waals surface area contributed by atoms with Crippen molar-refractivity contribution in [1.82, 2.24) is 0 Å². The van der Waals surface area contributed by atoms with Crippen LogP contribution in [0.25, 0.3) is 6.08 Å². The SMILES string of the molecule is CCOCCOc1ccccc1COc1ccc2c(c1)C=C(C(=O)O)CCS2(=O)=O. The van der Waals surface area contributed by atoms with Gasteiger partial charge >= 0.3 is 5.97 Å². The van der Waals surface area contributed by atoms with Crippen LogP contribution in [0.4, 0.5) is 0 Å². The molecule has 0 bridgehead atoms. The van der Waals surface area contributed by atoms with Gasteiger partial charge in [0.05, 0.1) is 17.3 Å². The number of carboxylic acids is 1. The maximum absolute atomic E-state index is 12.4. The van der Waals surface area contributed by atoms with Crippen LogP contribution in [0.2, 0.25) is 0 Å². The quantitative estimate of drug-likeness (QED) is 0.607. The number of carbonyl (C=O) groups is 1. The Morgan fingerprint density at radius 1 is 1.10 bits per heavy atom. The van der Waals surface area contributed by atoms with Gasteiger partial charge in [-0.05, 0) is 49.2 Å². The summed E-state index contributed by atoms with van der Waals surface area (Å²) in [5.41, 5.74) is 1.21. The third-order valence-electron chi connectivity index (χ3n) is 4.62. The third-order valence-corrected chi connectivity index (χ3v) is 6.40. The van der Waals surface area contributed by atoms with Crippen molar-refractivity contribution >= 4 is 21.9 Å². The van der Waals surface area contributed by atoms with Crippen molar-refractivity contribution in [3.63, 3.8) is 0 Å². The van der Waals surface area contributed by atoms with Crippen LogP contribution in [0.1, 0.15) is 24.5 Å². The standard InChI is InChI=1S/C22H24O7S/c1-2-27-10-11-28-20-6-4-3-5-17(20)15-29-19-7-8-21-18(14-19)13-16(22(23)24)9-12-30(21,25)26/h3-8,13-14H,2,9-12,15H2,1H3,(H,23,24). The molecule has 2 aromatic carbocycles. The molecule has 2 aromatic rings. The Morgan fingerprint density at radius 2 is 1.90 bits per heavy atom.